The number of hydrogen-bond acceptors (Lipinski definition) is 4. The van der Waals surface area contributed by atoms with Gasteiger partial charge in [-0.1, -0.05) is 17.7 Å². The van der Waals surface area contributed by atoms with Gasteiger partial charge in [0.2, 0.25) is 0 Å². The SMILES string of the molecule is Cc1ccc(S(=O)(=O)N/N=C2\C(=O)[C@H]3CC[C@@H]2C3)cc1. The lowest BCUT2D eigenvalue weighted by atomic mass is 9.97. The summed E-state index contributed by atoms with van der Waals surface area (Å²) >= 11 is 0. The number of nitrogens with zero attached hydrogens (tertiary/aromatic N) is 1. The largest absolute Gasteiger partial charge is 0.292 e. The molecule has 2 aliphatic carbocycles. The molecule has 0 radical (unpaired) electrons. The first-order valence-electron chi connectivity index (χ1n) is 6.67. The Bertz CT molecular complexity index is 677. The molecule has 6 heteroatoms. The van der Waals surface area contributed by atoms with Crippen molar-refractivity contribution in [2.24, 2.45) is 16.9 Å². The molecule has 2 aliphatic rings. The van der Waals surface area contributed by atoms with E-state index in [1.54, 1.807) is 12.1 Å². The summed E-state index contributed by atoms with van der Waals surface area (Å²) in [6, 6.07) is 6.51. The molecule has 2 bridgehead atoms. The fraction of sp³-hybridized carbons (Fsp3) is 0.429. The van der Waals surface area contributed by atoms with Crippen molar-refractivity contribution in [3.63, 3.8) is 0 Å². The third-order valence-corrected chi connectivity index (χ3v) is 5.28. The lowest BCUT2D eigenvalue weighted by molar-refractivity contribution is -0.115. The standard InChI is InChI=1S/C14H16N2O3S/c1-9-2-6-12(7-3-9)20(18,19)16-15-13-10-4-5-11(8-10)14(13)17/h2-3,6-7,10-11,16H,4-5,8H2,1H3/b15-13-/t10-,11+/m1/s1. The molecule has 0 saturated heterocycles. The van der Waals surface area contributed by atoms with Gasteiger partial charge in [0, 0.05) is 11.8 Å². The van der Waals surface area contributed by atoms with E-state index in [2.05, 4.69) is 9.93 Å². The summed E-state index contributed by atoms with van der Waals surface area (Å²) < 4.78 is 24.2. The van der Waals surface area contributed by atoms with Crippen LogP contribution >= 0.6 is 0 Å². The molecule has 0 spiro atoms. The molecule has 1 N–H and O–H groups in total. The predicted octanol–water partition coefficient (Wildman–Crippen LogP) is 1.63. The van der Waals surface area contributed by atoms with Gasteiger partial charge < -0.3 is 0 Å². The van der Waals surface area contributed by atoms with Crippen molar-refractivity contribution in [3.05, 3.63) is 29.8 Å². The number of benzene rings is 1. The minimum Gasteiger partial charge on any atom is -0.292 e. The third-order valence-electron chi connectivity index (χ3n) is 4.06. The number of hydrogen-bond donors (Lipinski definition) is 1. The summed E-state index contributed by atoms with van der Waals surface area (Å²) in [5, 5.41) is 3.89. The normalized spacial score (nSPS) is 27.2. The molecular weight excluding hydrogens is 276 g/mol. The van der Waals surface area contributed by atoms with Crippen molar-refractivity contribution in [2.45, 2.75) is 31.1 Å². The highest BCUT2D eigenvalue weighted by Gasteiger charge is 2.44. The zero-order valence-corrected chi connectivity index (χ0v) is 12.0. The third kappa shape index (κ3) is 2.24. The Labute approximate surface area is 118 Å². The van der Waals surface area contributed by atoms with E-state index < -0.39 is 10.0 Å². The predicted molar refractivity (Wildman–Crippen MR) is 74.8 cm³/mol. The first-order chi connectivity index (χ1) is 9.47. The quantitative estimate of drug-likeness (QED) is 0.860. The van der Waals surface area contributed by atoms with E-state index in [4.69, 9.17) is 0 Å². The van der Waals surface area contributed by atoms with Crippen LogP contribution in [0.15, 0.2) is 34.3 Å². The van der Waals surface area contributed by atoms with Gasteiger partial charge in [0.25, 0.3) is 10.0 Å². The van der Waals surface area contributed by atoms with Gasteiger partial charge in [-0.3, -0.25) is 4.79 Å². The topological polar surface area (TPSA) is 75.6 Å². The van der Waals surface area contributed by atoms with E-state index in [9.17, 15) is 13.2 Å². The number of fused-ring (bicyclic) bond motifs is 2. The molecule has 106 valence electrons. The molecule has 0 heterocycles. The summed E-state index contributed by atoms with van der Waals surface area (Å²) in [6.07, 6.45) is 2.67. The van der Waals surface area contributed by atoms with Gasteiger partial charge in [-0.25, -0.2) is 0 Å². The smallest absolute Gasteiger partial charge is 0.276 e. The highest BCUT2D eigenvalue weighted by molar-refractivity contribution is 7.89. The number of aryl methyl sites for hydroxylation is 1. The lowest BCUT2D eigenvalue weighted by Crippen LogP contribution is -2.27. The number of rotatable bonds is 3. The molecular formula is C14H16N2O3S. The Morgan fingerprint density at radius 2 is 1.80 bits per heavy atom. The van der Waals surface area contributed by atoms with Crippen molar-refractivity contribution in [2.75, 3.05) is 0 Å². The minimum atomic E-state index is -3.69. The second-order valence-electron chi connectivity index (χ2n) is 5.48. The van der Waals surface area contributed by atoms with Crippen molar-refractivity contribution < 1.29 is 13.2 Å². The van der Waals surface area contributed by atoms with Crippen molar-refractivity contribution in [1.82, 2.24) is 4.83 Å². The molecule has 2 atom stereocenters. The van der Waals surface area contributed by atoms with Crippen LogP contribution in [0.4, 0.5) is 0 Å². The van der Waals surface area contributed by atoms with Crippen LogP contribution in [0.25, 0.3) is 0 Å². The average molecular weight is 292 g/mol. The van der Waals surface area contributed by atoms with Crippen LogP contribution in [0, 0.1) is 18.8 Å². The lowest BCUT2D eigenvalue weighted by Gasteiger charge is -2.11. The summed E-state index contributed by atoms with van der Waals surface area (Å²) in [7, 11) is -3.69. The van der Waals surface area contributed by atoms with Crippen LogP contribution < -0.4 is 4.83 Å². The van der Waals surface area contributed by atoms with Gasteiger partial charge in [-0.2, -0.15) is 18.4 Å². The van der Waals surface area contributed by atoms with Gasteiger partial charge in [0.1, 0.15) is 5.71 Å². The number of sulfonamides is 1. The number of carbonyl (C=O) groups excluding carboxylic acids is 1. The Hall–Kier alpha value is -1.69. The van der Waals surface area contributed by atoms with Crippen LogP contribution in [-0.2, 0) is 14.8 Å². The van der Waals surface area contributed by atoms with Crippen molar-refractivity contribution in [3.8, 4) is 0 Å². The Balaban J connectivity index is 1.81. The van der Waals surface area contributed by atoms with E-state index in [0.29, 0.717) is 5.71 Å². The summed E-state index contributed by atoms with van der Waals surface area (Å²) in [5.74, 6) is 0.198. The highest BCUT2D eigenvalue weighted by Crippen LogP contribution is 2.40. The summed E-state index contributed by atoms with van der Waals surface area (Å²) in [5.41, 5.74) is 1.38. The van der Waals surface area contributed by atoms with Crippen LogP contribution in [0.5, 0.6) is 0 Å². The Kier molecular flexibility index (Phi) is 3.12. The maximum absolute atomic E-state index is 12.1. The summed E-state index contributed by atoms with van der Waals surface area (Å²) in [4.78, 5) is 14.2. The van der Waals surface area contributed by atoms with E-state index >= 15 is 0 Å². The average Bonchev–Trinajstić information content (AvgIpc) is 2.98. The second-order valence-corrected chi connectivity index (χ2v) is 7.14. The van der Waals surface area contributed by atoms with Gasteiger partial charge >= 0.3 is 0 Å². The van der Waals surface area contributed by atoms with E-state index in [1.807, 2.05) is 6.92 Å². The summed E-state index contributed by atoms with van der Waals surface area (Å²) in [6.45, 7) is 1.89. The van der Waals surface area contributed by atoms with Crippen molar-refractivity contribution in [1.29, 1.82) is 0 Å². The van der Waals surface area contributed by atoms with E-state index in [-0.39, 0.29) is 22.5 Å². The molecule has 0 aliphatic heterocycles. The fourth-order valence-electron chi connectivity index (χ4n) is 2.90. The van der Waals surface area contributed by atoms with Gasteiger partial charge in [-0.05, 0) is 38.3 Å². The molecule has 2 saturated carbocycles. The molecule has 0 unspecified atom stereocenters. The monoisotopic (exact) mass is 292 g/mol. The number of Topliss-reactive ketones (excluding diaryl/α,β-unsaturated/α-hetero) is 1. The van der Waals surface area contributed by atoms with Crippen LogP contribution in [0.3, 0.4) is 0 Å². The van der Waals surface area contributed by atoms with E-state index in [0.717, 1.165) is 24.8 Å². The molecule has 3 rings (SSSR count). The number of hydrazone groups is 1. The van der Waals surface area contributed by atoms with Crippen molar-refractivity contribution >= 4 is 21.5 Å². The van der Waals surface area contributed by atoms with Crippen LogP contribution in [-0.4, -0.2) is 19.9 Å². The minimum absolute atomic E-state index is 0.00727. The number of carbonyl (C=O) groups is 1. The fourth-order valence-corrected chi connectivity index (χ4v) is 3.72. The molecule has 5 nitrogen and oxygen atoms in total. The van der Waals surface area contributed by atoms with Gasteiger partial charge in [0.15, 0.2) is 5.78 Å². The van der Waals surface area contributed by atoms with Crippen LogP contribution in [0.2, 0.25) is 0 Å². The maximum Gasteiger partial charge on any atom is 0.276 e. The van der Waals surface area contributed by atoms with Gasteiger partial charge in [0.05, 0.1) is 4.90 Å². The number of nitrogens with one attached hydrogen (secondary N) is 1. The maximum atomic E-state index is 12.1. The molecule has 1 aromatic rings. The first-order valence-corrected chi connectivity index (χ1v) is 8.16. The Morgan fingerprint density at radius 1 is 1.15 bits per heavy atom. The highest BCUT2D eigenvalue weighted by atomic mass is 32.2. The van der Waals surface area contributed by atoms with Gasteiger partial charge in [-0.15, -0.1) is 0 Å². The van der Waals surface area contributed by atoms with E-state index in [1.165, 1.54) is 12.1 Å². The molecule has 2 fully saturated rings. The molecule has 20 heavy (non-hydrogen) atoms. The zero-order chi connectivity index (χ0) is 14.3. The number of ketones is 1. The van der Waals surface area contributed by atoms with Crippen LogP contribution in [0.1, 0.15) is 24.8 Å². The second kappa shape index (κ2) is 4.70. The first kappa shape index (κ1) is 13.3. The molecule has 1 aromatic carbocycles. The molecule has 0 amide bonds. The molecule has 0 aromatic heterocycles. The zero-order valence-electron chi connectivity index (χ0n) is 11.2. The Morgan fingerprint density at radius 3 is 2.40 bits per heavy atom.